The van der Waals surface area contributed by atoms with E-state index in [-0.39, 0.29) is 0 Å². The fourth-order valence-corrected chi connectivity index (χ4v) is 2.39. The van der Waals surface area contributed by atoms with Crippen molar-refractivity contribution in [1.29, 1.82) is 0 Å². The molecule has 0 aliphatic rings. The molecule has 0 aromatic carbocycles. The Bertz CT molecular complexity index is 223. The van der Waals surface area contributed by atoms with Crippen molar-refractivity contribution in [2.24, 2.45) is 0 Å². The maximum absolute atomic E-state index is 3.47. The summed E-state index contributed by atoms with van der Waals surface area (Å²) in [6, 6.07) is 2.23. The van der Waals surface area contributed by atoms with E-state index in [1.165, 1.54) is 31.5 Å². The van der Waals surface area contributed by atoms with Gasteiger partial charge in [0.2, 0.25) is 0 Å². The molecule has 14 heavy (non-hydrogen) atoms. The van der Waals surface area contributed by atoms with Gasteiger partial charge in [0.05, 0.1) is 0 Å². The summed E-state index contributed by atoms with van der Waals surface area (Å²) in [6.45, 7) is 5.81. The Labute approximate surface area is 99.3 Å². The van der Waals surface area contributed by atoms with Crippen LogP contribution in [0.25, 0.3) is 0 Å². The van der Waals surface area contributed by atoms with E-state index in [1.54, 1.807) is 11.3 Å². The van der Waals surface area contributed by atoms with Crippen LogP contribution < -0.4 is 0 Å². The van der Waals surface area contributed by atoms with Crippen LogP contribution in [0.5, 0.6) is 0 Å². The van der Waals surface area contributed by atoms with Gasteiger partial charge in [0, 0.05) is 11.9 Å². The Balaban J connectivity index is 2.20. The molecule has 0 aliphatic carbocycles. The summed E-state index contributed by atoms with van der Waals surface area (Å²) in [4.78, 5) is 2.51. The third-order valence-corrected chi connectivity index (χ3v) is 3.64. The summed E-state index contributed by atoms with van der Waals surface area (Å²) in [5.41, 5.74) is 1.48. The number of halogens is 1. The number of thiophene rings is 1. The van der Waals surface area contributed by atoms with Crippen molar-refractivity contribution < 1.29 is 0 Å². The first-order valence-electron chi connectivity index (χ1n) is 5.16. The van der Waals surface area contributed by atoms with Crippen LogP contribution in [0.1, 0.15) is 18.9 Å². The second-order valence-corrected chi connectivity index (χ2v) is 4.93. The van der Waals surface area contributed by atoms with E-state index in [2.05, 4.69) is 44.6 Å². The highest BCUT2D eigenvalue weighted by Crippen LogP contribution is 2.07. The molecule has 1 heterocycles. The standard InChI is InChI=1S/C11H18BrNS/c1-2-13(7-3-6-12)8-4-11-5-9-14-10-11/h5,9-10H,2-4,6-8H2,1H3. The lowest BCUT2D eigenvalue weighted by molar-refractivity contribution is 0.293. The summed E-state index contributed by atoms with van der Waals surface area (Å²) in [6.07, 6.45) is 2.44. The van der Waals surface area contributed by atoms with Gasteiger partial charge in [0.25, 0.3) is 0 Å². The van der Waals surface area contributed by atoms with Crippen LogP contribution in [0.4, 0.5) is 0 Å². The highest BCUT2D eigenvalue weighted by atomic mass is 79.9. The fourth-order valence-electron chi connectivity index (χ4n) is 1.43. The molecule has 0 atom stereocenters. The maximum Gasteiger partial charge on any atom is 0.00434 e. The first-order chi connectivity index (χ1) is 6.86. The molecule has 0 aliphatic heterocycles. The highest BCUT2D eigenvalue weighted by molar-refractivity contribution is 9.09. The summed E-state index contributed by atoms with van der Waals surface area (Å²) < 4.78 is 0. The van der Waals surface area contributed by atoms with Crippen LogP contribution in [0, 0.1) is 0 Å². The van der Waals surface area contributed by atoms with Gasteiger partial charge in [-0.05, 0) is 48.3 Å². The molecule has 1 rings (SSSR count). The minimum atomic E-state index is 1.11. The van der Waals surface area contributed by atoms with Gasteiger partial charge in [-0.15, -0.1) is 0 Å². The summed E-state index contributed by atoms with van der Waals surface area (Å²) in [5, 5.41) is 5.52. The first kappa shape index (κ1) is 12.2. The van der Waals surface area contributed by atoms with Gasteiger partial charge >= 0.3 is 0 Å². The normalized spacial score (nSPS) is 11.1. The number of hydrogen-bond acceptors (Lipinski definition) is 2. The van der Waals surface area contributed by atoms with Crippen molar-refractivity contribution in [3.63, 3.8) is 0 Å². The summed E-state index contributed by atoms with van der Waals surface area (Å²) >= 11 is 5.26. The number of likely N-dealkylation sites (N-methyl/N-ethyl adjacent to an activating group) is 1. The Morgan fingerprint density at radius 1 is 1.43 bits per heavy atom. The molecule has 0 bridgehead atoms. The van der Waals surface area contributed by atoms with Crippen molar-refractivity contribution in [3.8, 4) is 0 Å². The molecule has 0 spiro atoms. The van der Waals surface area contributed by atoms with Crippen LogP contribution in [-0.4, -0.2) is 29.9 Å². The molecule has 0 saturated carbocycles. The van der Waals surface area contributed by atoms with E-state index >= 15 is 0 Å². The first-order valence-corrected chi connectivity index (χ1v) is 7.22. The SMILES string of the molecule is CCN(CCCBr)CCc1ccsc1. The van der Waals surface area contributed by atoms with Gasteiger partial charge < -0.3 is 4.90 Å². The largest absolute Gasteiger partial charge is 0.303 e. The molecule has 1 aromatic heterocycles. The molecule has 0 amide bonds. The van der Waals surface area contributed by atoms with E-state index < -0.39 is 0 Å². The molecule has 0 fully saturated rings. The van der Waals surface area contributed by atoms with E-state index in [0.717, 1.165) is 11.9 Å². The monoisotopic (exact) mass is 275 g/mol. The predicted octanol–water partition coefficient (Wildman–Crippen LogP) is 3.40. The molecular weight excluding hydrogens is 258 g/mol. The average molecular weight is 276 g/mol. The minimum Gasteiger partial charge on any atom is -0.303 e. The predicted molar refractivity (Wildman–Crippen MR) is 68.5 cm³/mol. The molecule has 1 aromatic rings. The summed E-state index contributed by atoms with van der Waals surface area (Å²) in [7, 11) is 0. The van der Waals surface area contributed by atoms with E-state index in [0.29, 0.717) is 0 Å². The number of nitrogens with zero attached hydrogens (tertiary/aromatic N) is 1. The summed E-state index contributed by atoms with van der Waals surface area (Å²) in [5.74, 6) is 0. The average Bonchev–Trinajstić information content (AvgIpc) is 2.71. The molecule has 0 saturated heterocycles. The van der Waals surface area contributed by atoms with Gasteiger partial charge in [-0.2, -0.15) is 11.3 Å². The third kappa shape index (κ3) is 4.58. The number of alkyl halides is 1. The Morgan fingerprint density at radius 3 is 2.86 bits per heavy atom. The quantitative estimate of drug-likeness (QED) is 0.690. The van der Waals surface area contributed by atoms with Gasteiger partial charge in [-0.1, -0.05) is 22.9 Å². The maximum atomic E-state index is 3.47. The molecule has 3 heteroatoms. The van der Waals surface area contributed by atoms with Crippen LogP contribution in [0.2, 0.25) is 0 Å². The molecule has 0 N–H and O–H groups in total. The lowest BCUT2D eigenvalue weighted by atomic mass is 10.2. The van der Waals surface area contributed by atoms with Crippen LogP contribution in [0.15, 0.2) is 16.8 Å². The van der Waals surface area contributed by atoms with Crippen LogP contribution >= 0.6 is 27.3 Å². The Kier molecular flexibility index (Phi) is 6.48. The molecule has 0 radical (unpaired) electrons. The van der Waals surface area contributed by atoms with E-state index in [1.807, 2.05) is 0 Å². The zero-order chi connectivity index (χ0) is 10.2. The molecule has 80 valence electrons. The number of hydrogen-bond donors (Lipinski definition) is 0. The molecule has 1 nitrogen and oxygen atoms in total. The van der Waals surface area contributed by atoms with Crippen molar-refractivity contribution in [2.75, 3.05) is 25.0 Å². The highest BCUT2D eigenvalue weighted by Gasteiger charge is 2.02. The second kappa shape index (κ2) is 7.43. The smallest absolute Gasteiger partial charge is 0.00434 e. The zero-order valence-corrected chi connectivity index (χ0v) is 11.1. The van der Waals surface area contributed by atoms with Crippen LogP contribution in [0.3, 0.4) is 0 Å². The van der Waals surface area contributed by atoms with Crippen molar-refractivity contribution >= 4 is 27.3 Å². The Hall–Kier alpha value is 0.140. The second-order valence-electron chi connectivity index (χ2n) is 3.36. The lowest BCUT2D eigenvalue weighted by Crippen LogP contribution is -2.27. The molecule has 0 unspecified atom stereocenters. The number of rotatable bonds is 7. The topological polar surface area (TPSA) is 3.24 Å². The van der Waals surface area contributed by atoms with Crippen molar-refractivity contribution in [1.82, 2.24) is 4.90 Å². The fraction of sp³-hybridized carbons (Fsp3) is 0.636. The van der Waals surface area contributed by atoms with Gasteiger partial charge in [0.1, 0.15) is 0 Å². The zero-order valence-electron chi connectivity index (χ0n) is 8.71. The minimum absolute atomic E-state index is 1.11. The Morgan fingerprint density at radius 2 is 2.29 bits per heavy atom. The lowest BCUT2D eigenvalue weighted by Gasteiger charge is -2.19. The van der Waals surface area contributed by atoms with E-state index in [4.69, 9.17) is 0 Å². The van der Waals surface area contributed by atoms with Crippen LogP contribution in [-0.2, 0) is 6.42 Å². The molecular formula is C11H18BrNS. The van der Waals surface area contributed by atoms with Gasteiger partial charge in [-0.25, -0.2) is 0 Å². The van der Waals surface area contributed by atoms with Crippen molar-refractivity contribution in [3.05, 3.63) is 22.4 Å². The van der Waals surface area contributed by atoms with E-state index in [9.17, 15) is 0 Å². The van der Waals surface area contributed by atoms with Gasteiger partial charge in [-0.3, -0.25) is 0 Å². The van der Waals surface area contributed by atoms with Gasteiger partial charge in [0.15, 0.2) is 0 Å². The van der Waals surface area contributed by atoms with Crippen molar-refractivity contribution in [2.45, 2.75) is 19.8 Å². The third-order valence-electron chi connectivity index (χ3n) is 2.35.